The molecule has 0 amide bonds. The van der Waals surface area contributed by atoms with Gasteiger partial charge in [0.05, 0.1) is 10.4 Å². The highest BCUT2D eigenvalue weighted by Gasteiger charge is 2.43. The lowest BCUT2D eigenvalue weighted by atomic mass is 9.57. The monoisotopic (exact) mass is 962 g/mol. The van der Waals surface area contributed by atoms with E-state index in [2.05, 4.69) is 217 Å². The van der Waals surface area contributed by atoms with E-state index >= 15 is 0 Å². The first-order valence-electron chi connectivity index (χ1n) is 26.9. The van der Waals surface area contributed by atoms with Crippen molar-refractivity contribution in [3.8, 4) is 11.1 Å². The highest BCUT2D eigenvalue weighted by Crippen LogP contribution is 2.55. The summed E-state index contributed by atoms with van der Waals surface area (Å²) in [6.45, 7) is 31.8. The average Bonchev–Trinajstić information content (AvgIpc) is 3.91. The number of nitrogens with one attached hydrogen (secondary N) is 1. The van der Waals surface area contributed by atoms with Crippen molar-refractivity contribution in [2.45, 2.75) is 161 Å². The fraction of sp³-hybridized carbons (Fsp3) is 0.373. The van der Waals surface area contributed by atoms with Crippen molar-refractivity contribution in [3.05, 3.63) is 148 Å². The van der Waals surface area contributed by atoms with Crippen molar-refractivity contribution in [2.75, 3.05) is 10.2 Å². The molecule has 1 N–H and O–H groups in total. The van der Waals surface area contributed by atoms with Gasteiger partial charge >= 0.3 is 0 Å². The SMILES string of the molecule is Cc1cc2c(cc1N1c3cc4oc5ccccc5c4c(-c4cc5c(cc4Nc4ccc6c(c4)C(C)(C)CCC6(C)C)C(C)(C)CCC5(C)C)c3[B]c3ccc4c(sc5ccccc54)c31)C(C)(C)CCC2(C)C. The summed E-state index contributed by atoms with van der Waals surface area (Å²) in [7, 11) is 2.53. The van der Waals surface area contributed by atoms with Gasteiger partial charge < -0.3 is 14.6 Å². The average molecular weight is 962 g/mol. The molecular formula is C67H70BN2OS. The van der Waals surface area contributed by atoms with E-state index in [9.17, 15) is 0 Å². The van der Waals surface area contributed by atoms with Crippen LogP contribution >= 0.6 is 11.3 Å². The number of hydrogen-bond donors (Lipinski definition) is 1. The molecule has 0 spiro atoms. The molecule has 0 fully saturated rings. The number of furan rings is 1. The molecule has 0 atom stereocenters. The minimum absolute atomic E-state index is 0.0120. The Morgan fingerprint density at radius 1 is 0.514 bits per heavy atom. The van der Waals surface area contributed by atoms with Gasteiger partial charge in [-0.2, -0.15) is 0 Å². The second kappa shape index (κ2) is 15.2. The molecule has 3 aliphatic carbocycles. The number of hydrogen-bond acceptors (Lipinski definition) is 4. The van der Waals surface area contributed by atoms with Crippen LogP contribution in [0.3, 0.4) is 0 Å². The Morgan fingerprint density at radius 2 is 1.08 bits per heavy atom. The molecule has 9 aromatic rings. The standard InChI is InChI=1S/C67H70BN2OS/c1-38-32-45-49(67(12,13)31-28-63(45,4)5)36-52(38)70-53-37-55-57(42-19-14-16-20-54(42)71-55)58(59(53)68-50-25-23-41-40-18-15-17-21-56(40)72-61(41)60(50)70)43-34-47-48(66(10,11)30-29-65(47,8)9)35-51(43)69-39-22-24-44-46(33-39)64(6,7)27-26-62(44,2)3/h14-25,32-37,69H,26-31H2,1-13H3. The van der Waals surface area contributed by atoms with E-state index < -0.39 is 0 Å². The third-order valence-corrected chi connectivity index (χ3v) is 20.0. The van der Waals surface area contributed by atoms with Gasteiger partial charge in [0.15, 0.2) is 7.28 Å². The Hall–Kier alpha value is -5.78. The van der Waals surface area contributed by atoms with Crippen molar-refractivity contribution >= 4 is 100 Å². The lowest BCUT2D eigenvalue weighted by Gasteiger charge is -2.44. The van der Waals surface area contributed by atoms with Crippen molar-refractivity contribution in [3.63, 3.8) is 0 Å². The zero-order valence-electron chi connectivity index (χ0n) is 45.0. The molecule has 2 aromatic heterocycles. The Balaban J connectivity index is 1.15. The van der Waals surface area contributed by atoms with E-state index in [1.807, 2.05) is 11.3 Å². The van der Waals surface area contributed by atoms with Crippen LogP contribution in [0.5, 0.6) is 0 Å². The fourth-order valence-corrected chi connectivity index (χ4v) is 15.1. The Morgan fingerprint density at radius 3 is 1.76 bits per heavy atom. The molecular weight excluding hydrogens is 892 g/mol. The molecule has 1 aliphatic heterocycles. The number of thiophene rings is 1. The lowest BCUT2D eigenvalue weighted by molar-refractivity contribution is 0.332. The van der Waals surface area contributed by atoms with E-state index in [0.717, 1.165) is 52.9 Å². The summed E-state index contributed by atoms with van der Waals surface area (Å²) in [6, 6.07) is 42.4. The lowest BCUT2D eigenvalue weighted by Crippen LogP contribution is -2.41. The molecule has 0 saturated heterocycles. The van der Waals surface area contributed by atoms with Crippen molar-refractivity contribution < 1.29 is 4.42 Å². The first kappa shape index (κ1) is 46.0. The molecule has 3 nitrogen and oxygen atoms in total. The molecule has 7 aromatic carbocycles. The van der Waals surface area contributed by atoms with Crippen LogP contribution in [0.4, 0.5) is 28.4 Å². The summed E-state index contributed by atoms with van der Waals surface area (Å²) < 4.78 is 9.79. The smallest absolute Gasteiger partial charge is 0.197 e. The highest BCUT2D eigenvalue weighted by atomic mass is 32.1. The van der Waals surface area contributed by atoms with Crippen LogP contribution in [0, 0.1) is 6.92 Å². The van der Waals surface area contributed by atoms with Crippen LogP contribution in [0.25, 0.3) is 53.2 Å². The Kier molecular flexibility index (Phi) is 9.69. The largest absolute Gasteiger partial charge is 0.456 e. The summed E-state index contributed by atoms with van der Waals surface area (Å²) in [5, 5.41) is 9.15. The van der Waals surface area contributed by atoms with Gasteiger partial charge in [-0.1, -0.05) is 149 Å². The maximum absolute atomic E-state index is 7.16. The Bertz CT molecular complexity index is 3800. The molecule has 0 saturated carbocycles. The molecule has 5 heteroatoms. The van der Waals surface area contributed by atoms with E-state index in [0.29, 0.717) is 0 Å². The molecule has 4 aliphatic rings. The minimum atomic E-state index is -0.0120. The third kappa shape index (κ3) is 6.74. The number of para-hydroxylation sites is 1. The van der Waals surface area contributed by atoms with E-state index in [1.54, 1.807) is 0 Å². The van der Waals surface area contributed by atoms with Crippen LogP contribution in [-0.2, 0) is 32.5 Å². The predicted octanol–water partition coefficient (Wildman–Crippen LogP) is 18.2. The molecule has 72 heavy (non-hydrogen) atoms. The number of benzene rings is 7. The summed E-state index contributed by atoms with van der Waals surface area (Å²) in [6.07, 6.45) is 6.98. The number of nitrogens with zero attached hydrogens (tertiary/aromatic N) is 1. The zero-order valence-corrected chi connectivity index (χ0v) is 45.8. The third-order valence-electron chi connectivity index (χ3n) is 18.8. The minimum Gasteiger partial charge on any atom is -0.456 e. The van der Waals surface area contributed by atoms with Gasteiger partial charge in [-0.05, 0) is 170 Å². The zero-order chi connectivity index (χ0) is 50.2. The van der Waals surface area contributed by atoms with Crippen molar-refractivity contribution in [2.24, 2.45) is 0 Å². The topological polar surface area (TPSA) is 28.4 Å². The first-order valence-corrected chi connectivity index (χ1v) is 27.7. The van der Waals surface area contributed by atoms with E-state index in [-0.39, 0.29) is 32.5 Å². The molecule has 13 rings (SSSR count). The van der Waals surface area contributed by atoms with E-state index in [4.69, 9.17) is 4.42 Å². The molecule has 0 unspecified atom stereocenters. The summed E-state index contributed by atoms with van der Waals surface area (Å²) in [5.74, 6) is 0. The molecule has 363 valence electrons. The van der Waals surface area contributed by atoms with Crippen LogP contribution < -0.4 is 21.1 Å². The van der Waals surface area contributed by atoms with Gasteiger partial charge in [0.1, 0.15) is 11.2 Å². The van der Waals surface area contributed by atoms with Crippen molar-refractivity contribution in [1.82, 2.24) is 0 Å². The number of aryl methyl sites for hydroxylation is 1. The van der Waals surface area contributed by atoms with Gasteiger partial charge in [-0.3, -0.25) is 0 Å². The molecule has 3 heterocycles. The van der Waals surface area contributed by atoms with Gasteiger partial charge in [0.25, 0.3) is 0 Å². The number of anilines is 5. The van der Waals surface area contributed by atoms with Gasteiger partial charge in [-0.15, -0.1) is 11.3 Å². The maximum Gasteiger partial charge on any atom is 0.197 e. The van der Waals surface area contributed by atoms with Gasteiger partial charge in [0.2, 0.25) is 0 Å². The second-order valence-electron chi connectivity index (χ2n) is 26.4. The van der Waals surface area contributed by atoms with Crippen LogP contribution in [0.1, 0.15) is 161 Å². The van der Waals surface area contributed by atoms with Crippen LogP contribution in [0.2, 0.25) is 0 Å². The number of fused-ring (bicyclic) bond motifs is 12. The molecule has 1 radical (unpaired) electrons. The summed E-state index contributed by atoms with van der Waals surface area (Å²) in [4.78, 5) is 2.66. The van der Waals surface area contributed by atoms with Gasteiger partial charge in [0, 0.05) is 60.6 Å². The Labute approximate surface area is 432 Å². The van der Waals surface area contributed by atoms with Crippen LogP contribution in [-0.4, -0.2) is 7.28 Å². The van der Waals surface area contributed by atoms with E-state index in [1.165, 1.54) is 117 Å². The maximum atomic E-state index is 7.16. The van der Waals surface area contributed by atoms with Crippen LogP contribution in [0.15, 0.2) is 114 Å². The number of rotatable bonds is 4. The normalized spacial score (nSPS) is 19.6. The second-order valence-corrected chi connectivity index (χ2v) is 27.5. The summed E-state index contributed by atoms with van der Waals surface area (Å²) in [5.41, 5.74) is 23.1. The predicted molar refractivity (Wildman–Crippen MR) is 312 cm³/mol. The van der Waals surface area contributed by atoms with Gasteiger partial charge in [-0.25, -0.2) is 0 Å². The van der Waals surface area contributed by atoms with Crippen molar-refractivity contribution in [1.29, 1.82) is 0 Å². The highest BCUT2D eigenvalue weighted by molar-refractivity contribution is 7.26. The quantitative estimate of drug-likeness (QED) is 0.178. The fourth-order valence-electron chi connectivity index (χ4n) is 13.9. The first-order chi connectivity index (χ1) is 34.0. The molecule has 0 bridgehead atoms. The summed E-state index contributed by atoms with van der Waals surface area (Å²) >= 11 is 1.92.